The van der Waals surface area contributed by atoms with Crippen molar-refractivity contribution in [3.63, 3.8) is 0 Å². The summed E-state index contributed by atoms with van der Waals surface area (Å²) in [4.78, 5) is 0.0644. The molecule has 0 fully saturated rings. The van der Waals surface area contributed by atoms with Gasteiger partial charge >= 0.3 is 0 Å². The van der Waals surface area contributed by atoms with E-state index in [-0.39, 0.29) is 16.4 Å². The van der Waals surface area contributed by atoms with Crippen molar-refractivity contribution >= 4 is 21.5 Å². The van der Waals surface area contributed by atoms with Crippen molar-refractivity contribution in [2.24, 2.45) is 7.05 Å². The van der Waals surface area contributed by atoms with E-state index in [1.807, 2.05) is 6.07 Å². The molecule has 0 saturated heterocycles. The normalized spacial score (nSPS) is 11.1. The lowest BCUT2D eigenvalue weighted by Gasteiger charge is -2.10. The second kappa shape index (κ2) is 4.86. The summed E-state index contributed by atoms with van der Waals surface area (Å²) in [6.45, 7) is 1.68. The number of nitrogen functional groups attached to an aromatic ring is 1. The summed E-state index contributed by atoms with van der Waals surface area (Å²) in [6, 6.07) is 6.27. The molecule has 0 aliphatic carbocycles. The zero-order valence-corrected chi connectivity index (χ0v) is 11.8. The van der Waals surface area contributed by atoms with Gasteiger partial charge in [0.15, 0.2) is 5.82 Å². The molecule has 0 saturated carbocycles. The van der Waals surface area contributed by atoms with Crippen LogP contribution in [0.1, 0.15) is 11.1 Å². The molecule has 20 heavy (non-hydrogen) atoms. The molecule has 0 amide bonds. The third kappa shape index (κ3) is 2.44. The lowest BCUT2D eigenvalue weighted by Crippen LogP contribution is -2.16. The Balaban J connectivity index is 2.42. The summed E-state index contributed by atoms with van der Waals surface area (Å²) in [6.07, 6.45) is 1.36. The van der Waals surface area contributed by atoms with Gasteiger partial charge in [-0.15, -0.1) is 0 Å². The predicted molar refractivity (Wildman–Crippen MR) is 74.3 cm³/mol. The molecule has 0 unspecified atom stereocenters. The van der Waals surface area contributed by atoms with Crippen molar-refractivity contribution in [1.29, 1.82) is 5.26 Å². The topological polar surface area (TPSA) is 114 Å². The number of hydrogen-bond donors (Lipinski definition) is 2. The van der Waals surface area contributed by atoms with Gasteiger partial charge in [-0.3, -0.25) is 9.40 Å². The lowest BCUT2D eigenvalue weighted by molar-refractivity contribution is 0.600. The first-order chi connectivity index (χ1) is 9.35. The second-order valence-corrected chi connectivity index (χ2v) is 5.95. The van der Waals surface area contributed by atoms with Crippen LogP contribution in [0.5, 0.6) is 0 Å². The highest BCUT2D eigenvalue weighted by Gasteiger charge is 2.18. The molecule has 7 nitrogen and oxygen atoms in total. The van der Waals surface area contributed by atoms with Crippen LogP contribution in [-0.4, -0.2) is 18.2 Å². The summed E-state index contributed by atoms with van der Waals surface area (Å²) >= 11 is 0. The SMILES string of the molecule is Cc1cc(S(=O)(=O)Nc2c(N)cnn2C)ccc1C#N. The molecule has 2 rings (SSSR count). The van der Waals surface area contributed by atoms with Gasteiger partial charge in [-0.1, -0.05) is 0 Å². The maximum Gasteiger partial charge on any atom is 0.263 e. The predicted octanol–water partition coefficient (Wildman–Crippen LogP) is 0.983. The van der Waals surface area contributed by atoms with Gasteiger partial charge in [-0.25, -0.2) is 8.42 Å². The van der Waals surface area contributed by atoms with E-state index >= 15 is 0 Å². The molecule has 0 atom stereocenters. The molecule has 1 heterocycles. The molecule has 0 bridgehead atoms. The Hall–Kier alpha value is -2.53. The molecule has 1 aromatic carbocycles. The number of aromatic nitrogens is 2. The third-order valence-electron chi connectivity index (χ3n) is 2.83. The van der Waals surface area contributed by atoms with E-state index in [4.69, 9.17) is 11.0 Å². The Bertz CT molecular complexity index is 782. The largest absolute Gasteiger partial charge is 0.394 e. The monoisotopic (exact) mass is 291 g/mol. The fraction of sp³-hybridized carbons (Fsp3) is 0.167. The molecular weight excluding hydrogens is 278 g/mol. The van der Waals surface area contributed by atoms with Gasteiger partial charge < -0.3 is 5.73 Å². The number of sulfonamides is 1. The Morgan fingerprint density at radius 1 is 1.45 bits per heavy atom. The summed E-state index contributed by atoms with van der Waals surface area (Å²) in [7, 11) is -2.19. The molecule has 104 valence electrons. The standard InChI is InChI=1S/C12H13N5O2S/c1-8-5-10(4-3-9(8)6-13)20(18,19)16-12-11(14)7-15-17(12)2/h3-5,7,16H,14H2,1-2H3. The maximum atomic E-state index is 12.3. The Kier molecular flexibility index (Phi) is 3.38. The first-order valence-corrected chi connectivity index (χ1v) is 7.14. The molecular formula is C12H13N5O2S. The van der Waals surface area contributed by atoms with Crippen LogP contribution in [0.15, 0.2) is 29.3 Å². The zero-order chi connectivity index (χ0) is 14.9. The van der Waals surface area contributed by atoms with Crippen LogP contribution in [0.3, 0.4) is 0 Å². The van der Waals surface area contributed by atoms with Crippen molar-refractivity contribution in [3.05, 3.63) is 35.5 Å². The summed E-state index contributed by atoms with van der Waals surface area (Å²) < 4.78 is 28.2. The van der Waals surface area contributed by atoms with Gasteiger partial charge in [0.05, 0.1) is 28.4 Å². The molecule has 0 aliphatic rings. The zero-order valence-electron chi connectivity index (χ0n) is 11.0. The Morgan fingerprint density at radius 2 is 2.15 bits per heavy atom. The van der Waals surface area contributed by atoms with E-state index in [1.165, 1.54) is 29.1 Å². The highest BCUT2D eigenvalue weighted by molar-refractivity contribution is 7.92. The lowest BCUT2D eigenvalue weighted by atomic mass is 10.1. The van der Waals surface area contributed by atoms with Crippen molar-refractivity contribution in [2.75, 3.05) is 10.5 Å². The number of nitrogens with one attached hydrogen (secondary N) is 1. The minimum atomic E-state index is -3.78. The minimum Gasteiger partial charge on any atom is -0.394 e. The van der Waals surface area contributed by atoms with Crippen LogP contribution in [-0.2, 0) is 17.1 Å². The van der Waals surface area contributed by atoms with Gasteiger partial charge in [0.1, 0.15) is 0 Å². The first-order valence-electron chi connectivity index (χ1n) is 5.66. The van der Waals surface area contributed by atoms with Crippen LogP contribution >= 0.6 is 0 Å². The average molecular weight is 291 g/mol. The fourth-order valence-corrected chi connectivity index (χ4v) is 2.90. The molecule has 2 aromatic rings. The first kappa shape index (κ1) is 13.9. The summed E-state index contributed by atoms with van der Waals surface area (Å²) in [5.74, 6) is 0.201. The molecule has 3 N–H and O–H groups in total. The number of nitrogens with zero attached hydrogens (tertiary/aromatic N) is 3. The van der Waals surface area contributed by atoms with Crippen LogP contribution in [0.25, 0.3) is 0 Å². The Labute approximate surface area is 116 Å². The highest BCUT2D eigenvalue weighted by Crippen LogP contribution is 2.22. The Morgan fingerprint density at radius 3 is 2.65 bits per heavy atom. The van der Waals surface area contributed by atoms with Gasteiger partial charge in [-0.2, -0.15) is 10.4 Å². The maximum absolute atomic E-state index is 12.3. The molecule has 8 heteroatoms. The second-order valence-electron chi connectivity index (χ2n) is 4.27. The smallest absolute Gasteiger partial charge is 0.263 e. The number of anilines is 2. The summed E-state index contributed by atoms with van der Waals surface area (Å²) in [5, 5.41) is 12.7. The van der Waals surface area contributed by atoms with E-state index in [9.17, 15) is 8.42 Å². The van der Waals surface area contributed by atoms with E-state index in [0.717, 1.165) is 0 Å². The van der Waals surface area contributed by atoms with Crippen molar-refractivity contribution in [1.82, 2.24) is 9.78 Å². The number of hydrogen-bond acceptors (Lipinski definition) is 5. The number of nitriles is 1. The molecule has 0 radical (unpaired) electrons. The molecule has 0 spiro atoms. The number of nitrogens with two attached hydrogens (primary N) is 1. The van der Waals surface area contributed by atoms with E-state index in [0.29, 0.717) is 11.1 Å². The molecule has 1 aromatic heterocycles. The van der Waals surface area contributed by atoms with Crippen LogP contribution in [0, 0.1) is 18.3 Å². The van der Waals surface area contributed by atoms with E-state index in [1.54, 1.807) is 14.0 Å². The number of aryl methyl sites for hydroxylation is 2. The van der Waals surface area contributed by atoms with Crippen molar-refractivity contribution in [2.45, 2.75) is 11.8 Å². The van der Waals surface area contributed by atoms with Crippen LogP contribution < -0.4 is 10.5 Å². The fourth-order valence-electron chi connectivity index (χ4n) is 1.69. The van der Waals surface area contributed by atoms with Gasteiger partial charge in [0, 0.05) is 7.05 Å². The van der Waals surface area contributed by atoms with Crippen molar-refractivity contribution in [3.8, 4) is 6.07 Å². The molecule has 0 aliphatic heterocycles. The van der Waals surface area contributed by atoms with Crippen LogP contribution in [0.4, 0.5) is 11.5 Å². The quantitative estimate of drug-likeness (QED) is 0.875. The third-order valence-corrected chi connectivity index (χ3v) is 4.16. The van der Waals surface area contributed by atoms with Gasteiger partial charge in [0.2, 0.25) is 0 Å². The average Bonchev–Trinajstić information content (AvgIpc) is 2.70. The van der Waals surface area contributed by atoms with E-state index in [2.05, 4.69) is 9.82 Å². The minimum absolute atomic E-state index is 0.0644. The summed E-state index contributed by atoms with van der Waals surface area (Å²) in [5.41, 5.74) is 6.91. The van der Waals surface area contributed by atoms with Crippen molar-refractivity contribution < 1.29 is 8.42 Å². The van der Waals surface area contributed by atoms with Gasteiger partial charge in [0.25, 0.3) is 10.0 Å². The van der Waals surface area contributed by atoms with Gasteiger partial charge in [-0.05, 0) is 30.7 Å². The highest BCUT2D eigenvalue weighted by atomic mass is 32.2. The van der Waals surface area contributed by atoms with E-state index < -0.39 is 10.0 Å². The number of benzene rings is 1. The number of rotatable bonds is 3. The van der Waals surface area contributed by atoms with Crippen LogP contribution in [0.2, 0.25) is 0 Å².